The first-order valence-corrected chi connectivity index (χ1v) is 9.02. The average Bonchev–Trinajstić information content (AvgIpc) is 3.03. The molecule has 0 aromatic heterocycles. The molecular weight excluding hydrogens is 375 g/mol. The Morgan fingerprint density at radius 2 is 2.04 bits per heavy atom. The van der Waals surface area contributed by atoms with Gasteiger partial charge in [0.05, 0.1) is 10.7 Å². The van der Waals surface area contributed by atoms with E-state index >= 15 is 0 Å². The molecule has 1 aliphatic heterocycles. The maximum Gasteiger partial charge on any atom is 0.265 e. The van der Waals surface area contributed by atoms with Crippen LogP contribution in [-0.4, -0.2) is 24.5 Å². The number of nitrogens with one attached hydrogen (secondary N) is 1. The summed E-state index contributed by atoms with van der Waals surface area (Å²) in [7, 11) is 0. The molecule has 0 bridgehead atoms. The zero-order chi connectivity index (χ0) is 18.7. The summed E-state index contributed by atoms with van der Waals surface area (Å²) in [5, 5.41) is 3.56. The molecule has 0 radical (unpaired) electrons. The highest BCUT2D eigenvalue weighted by Gasteiger charge is 2.22. The van der Waals surface area contributed by atoms with Crippen LogP contribution >= 0.6 is 23.2 Å². The molecule has 0 unspecified atom stereocenters. The summed E-state index contributed by atoms with van der Waals surface area (Å²) < 4.78 is 5.73. The van der Waals surface area contributed by atoms with E-state index in [-0.39, 0.29) is 11.8 Å². The summed E-state index contributed by atoms with van der Waals surface area (Å²) >= 11 is 11.9. The normalized spacial score (nSPS) is 15.0. The van der Waals surface area contributed by atoms with Crippen LogP contribution in [0, 0.1) is 0 Å². The highest BCUT2D eigenvalue weighted by Crippen LogP contribution is 2.27. The van der Waals surface area contributed by atoms with Crippen molar-refractivity contribution in [1.82, 2.24) is 0 Å². The number of benzene rings is 2. The lowest BCUT2D eigenvalue weighted by molar-refractivity contribution is -0.122. The summed E-state index contributed by atoms with van der Waals surface area (Å²) in [4.78, 5) is 26.0. The van der Waals surface area contributed by atoms with Crippen molar-refractivity contribution >= 4 is 46.4 Å². The van der Waals surface area contributed by atoms with E-state index in [1.165, 1.54) is 0 Å². The number of ether oxygens (including phenoxy) is 1. The number of hydrogen-bond acceptors (Lipinski definition) is 3. The molecule has 0 spiro atoms. The monoisotopic (exact) mass is 392 g/mol. The Morgan fingerprint density at radius 1 is 1.23 bits per heavy atom. The van der Waals surface area contributed by atoms with Crippen LogP contribution in [-0.2, 0) is 9.59 Å². The van der Waals surface area contributed by atoms with Gasteiger partial charge in [0.1, 0.15) is 5.75 Å². The molecule has 1 saturated heterocycles. The molecule has 0 saturated carbocycles. The maximum absolute atomic E-state index is 12.4. The maximum atomic E-state index is 12.4. The van der Waals surface area contributed by atoms with Gasteiger partial charge in [0.15, 0.2) is 6.10 Å². The Morgan fingerprint density at radius 3 is 2.73 bits per heavy atom. The second-order valence-corrected chi connectivity index (χ2v) is 6.86. The first-order valence-electron chi connectivity index (χ1n) is 8.27. The molecule has 1 fully saturated rings. The topological polar surface area (TPSA) is 58.6 Å². The van der Waals surface area contributed by atoms with Crippen LogP contribution in [0.2, 0.25) is 10.0 Å². The zero-order valence-electron chi connectivity index (χ0n) is 14.2. The van der Waals surface area contributed by atoms with Gasteiger partial charge in [-0.2, -0.15) is 0 Å². The third kappa shape index (κ3) is 4.29. The van der Waals surface area contributed by atoms with Crippen molar-refractivity contribution in [3.05, 3.63) is 52.5 Å². The molecule has 1 N–H and O–H groups in total. The number of anilines is 2. The van der Waals surface area contributed by atoms with Crippen molar-refractivity contribution in [3.63, 3.8) is 0 Å². The van der Waals surface area contributed by atoms with Crippen LogP contribution in [0.4, 0.5) is 11.4 Å². The number of carbonyl (C=O) groups excluding carboxylic acids is 2. The Labute approximate surface area is 161 Å². The van der Waals surface area contributed by atoms with Gasteiger partial charge >= 0.3 is 0 Å². The second-order valence-electron chi connectivity index (χ2n) is 6.02. The number of rotatable bonds is 5. The van der Waals surface area contributed by atoms with E-state index < -0.39 is 6.10 Å². The molecule has 1 atom stereocenters. The quantitative estimate of drug-likeness (QED) is 0.812. The van der Waals surface area contributed by atoms with Gasteiger partial charge in [-0.3, -0.25) is 9.59 Å². The fourth-order valence-electron chi connectivity index (χ4n) is 2.73. The van der Waals surface area contributed by atoms with Crippen molar-refractivity contribution in [2.45, 2.75) is 25.9 Å². The van der Waals surface area contributed by atoms with Crippen molar-refractivity contribution in [2.24, 2.45) is 0 Å². The summed E-state index contributed by atoms with van der Waals surface area (Å²) in [6, 6.07) is 12.0. The van der Waals surface area contributed by atoms with Crippen molar-refractivity contribution in [1.29, 1.82) is 0 Å². The third-order valence-corrected chi connectivity index (χ3v) is 4.62. The van der Waals surface area contributed by atoms with Crippen LogP contribution < -0.4 is 15.0 Å². The second kappa shape index (κ2) is 7.98. The zero-order valence-corrected chi connectivity index (χ0v) is 15.7. The number of hydrogen-bond donors (Lipinski definition) is 1. The molecule has 0 aliphatic carbocycles. The van der Waals surface area contributed by atoms with Gasteiger partial charge in [-0.15, -0.1) is 0 Å². The Bertz CT molecular complexity index is 841. The number of halogens is 2. The molecule has 2 aromatic rings. The molecule has 2 aromatic carbocycles. The van der Waals surface area contributed by atoms with Crippen molar-refractivity contribution in [2.75, 3.05) is 16.8 Å². The van der Waals surface area contributed by atoms with Gasteiger partial charge < -0.3 is 15.0 Å². The van der Waals surface area contributed by atoms with E-state index in [1.807, 2.05) is 6.07 Å². The van der Waals surface area contributed by atoms with Crippen molar-refractivity contribution < 1.29 is 14.3 Å². The van der Waals surface area contributed by atoms with Crippen LogP contribution in [0.1, 0.15) is 19.8 Å². The summed E-state index contributed by atoms with van der Waals surface area (Å²) in [6.45, 7) is 2.35. The molecule has 5 nitrogen and oxygen atoms in total. The average molecular weight is 393 g/mol. The Kier molecular flexibility index (Phi) is 5.69. The summed E-state index contributed by atoms with van der Waals surface area (Å²) in [5.41, 5.74) is 1.24. The minimum Gasteiger partial charge on any atom is -0.481 e. The molecule has 1 aliphatic rings. The minimum absolute atomic E-state index is 0.102. The van der Waals surface area contributed by atoms with Crippen LogP contribution in [0.25, 0.3) is 0 Å². The van der Waals surface area contributed by atoms with Gasteiger partial charge in [-0.05, 0) is 43.7 Å². The fourth-order valence-corrected chi connectivity index (χ4v) is 3.18. The van der Waals surface area contributed by atoms with Gasteiger partial charge in [0.2, 0.25) is 5.91 Å². The molecule has 1 heterocycles. The number of nitrogens with zero attached hydrogens (tertiary/aromatic N) is 1. The van der Waals surface area contributed by atoms with Gasteiger partial charge in [0, 0.05) is 29.7 Å². The summed E-state index contributed by atoms with van der Waals surface area (Å²) in [5.74, 6) is 0.286. The van der Waals surface area contributed by atoms with Gasteiger partial charge in [0.25, 0.3) is 5.91 Å². The van der Waals surface area contributed by atoms with E-state index in [9.17, 15) is 9.59 Å². The van der Waals surface area contributed by atoms with E-state index in [1.54, 1.807) is 48.2 Å². The molecule has 3 rings (SSSR count). The molecule has 26 heavy (non-hydrogen) atoms. The number of amides is 2. The Hall–Kier alpha value is -2.24. The Balaban J connectivity index is 1.66. The van der Waals surface area contributed by atoms with E-state index in [0.29, 0.717) is 34.4 Å². The summed E-state index contributed by atoms with van der Waals surface area (Å²) in [6.07, 6.45) is 0.669. The standard InChI is InChI=1S/C19H18Cl2N2O3/c1-12(19(25)22-17-8-7-13(20)10-16(17)21)26-15-5-2-4-14(11-15)23-9-3-6-18(23)24/h2,4-5,7-8,10-12H,3,6,9H2,1H3,(H,22,25)/t12-/m1/s1. The predicted octanol–water partition coefficient (Wildman–Crippen LogP) is 4.53. The van der Waals surface area contributed by atoms with Crippen molar-refractivity contribution in [3.8, 4) is 5.75 Å². The molecular formula is C19H18Cl2N2O3. The lowest BCUT2D eigenvalue weighted by Gasteiger charge is -2.19. The minimum atomic E-state index is -0.744. The lowest BCUT2D eigenvalue weighted by Crippen LogP contribution is -2.30. The fraction of sp³-hybridized carbons (Fsp3) is 0.263. The highest BCUT2D eigenvalue weighted by atomic mass is 35.5. The van der Waals surface area contributed by atoms with Gasteiger partial charge in [-0.25, -0.2) is 0 Å². The van der Waals surface area contributed by atoms with Gasteiger partial charge in [-0.1, -0.05) is 29.3 Å². The highest BCUT2D eigenvalue weighted by molar-refractivity contribution is 6.36. The van der Waals surface area contributed by atoms with E-state index in [0.717, 1.165) is 12.1 Å². The first-order chi connectivity index (χ1) is 12.4. The third-order valence-electron chi connectivity index (χ3n) is 4.07. The van der Waals surface area contributed by atoms with Crippen LogP contribution in [0.15, 0.2) is 42.5 Å². The number of carbonyl (C=O) groups is 2. The molecule has 2 amide bonds. The molecule has 7 heteroatoms. The smallest absolute Gasteiger partial charge is 0.265 e. The largest absolute Gasteiger partial charge is 0.481 e. The van der Waals surface area contributed by atoms with Crippen LogP contribution in [0.5, 0.6) is 5.75 Å². The first kappa shape index (κ1) is 18.5. The van der Waals surface area contributed by atoms with E-state index in [2.05, 4.69) is 5.32 Å². The van der Waals surface area contributed by atoms with Crippen LogP contribution in [0.3, 0.4) is 0 Å². The SMILES string of the molecule is C[C@@H](Oc1cccc(N2CCCC2=O)c1)C(=O)Nc1ccc(Cl)cc1Cl. The predicted molar refractivity (Wildman–Crippen MR) is 103 cm³/mol. The van der Waals surface area contributed by atoms with E-state index in [4.69, 9.17) is 27.9 Å². The lowest BCUT2D eigenvalue weighted by atomic mass is 10.2. The molecule has 136 valence electrons.